The molecule has 0 aliphatic heterocycles. The van der Waals surface area contributed by atoms with E-state index in [4.69, 9.17) is 11.6 Å². The Morgan fingerprint density at radius 2 is 2.14 bits per heavy atom. The molecule has 0 spiro atoms. The second-order valence-corrected chi connectivity index (χ2v) is 3.00. The molecule has 0 aliphatic rings. The first-order chi connectivity index (χ1) is 6.70. The third-order valence-electron chi connectivity index (χ3n) is 1.77. The second-order valence-electron chi connectivity index (χ2n) is 2.66. The standard InChI is InChI=1S/C9H4ClFN2O/c10-9-12-7-3-5(11)1-2-6(7)8(4-14)13-9/h1-4H. The summed E-state index contributed by atoms with van der Waals surface area (Å²) < 4.78 is 12.8. The molecule has 14 heavy (non-hydrogen) atoms. The van der Waals surface area contributed by atoms with Crippen LogP contribution in [0.25, 0.3) is 10.9 Å². The lowest BCUT2D eigenvalue weighted by Gasteiger charge is -1.99. The minimum atomic E-state index is -0.427. The SMILES string of the molecule is O=Cc1nc(Cl)nc2cc(F)ccc12. The fraction of sp³-hybridized carbons (Fsp3) is 0. The molecule has 1 aromatic carbocycles. The van der Waals surface area contributed by atoms with Gasteiger partial charge in [0.15, 0.2) is 6.29 Å². The Hall–Kier alpha value is -1.55. The highest BCUT2D eigenvalue weighted by molar-refractivity contribution is 6.28. The van der Waals surface area contributed by atoms with Crippen molar-refractivity contribution < 1.29 is 9.18 Å². The summed E-state index contributed by atoms with van der Waals surface area (Å²) in [6.07, 6.45) is 0.563. The van der Waals surface area contributed by atoms with Crippen LogP contribution in [0.2, 0.25) is 5.28 Å². The monoisotopic (exact) mass is 210 g/mol. The van der Waals surface area contributed by atoms with Crippen LogP contribution in [-0.2, 0) is 0 Å². The minimum absolute atomic E-state index is 0.0646. The van der Waals surface area contributed by atoms with Crippen LogP contribution >= 0.6 is 11.6 Å². The Morgan fingerprint density at radius 3 is 2.86 bits per heavy atom. The zero-order valence-corrected chi connectivity index (χ0v) is 7.62. The fourth-order valence-corrected chi connectivity index (χ4v) is 1.37. The molecule has 0 saturated carbocycles. The van der Waals surface area contributed by atoms with Crippen molar-refractivity contribution in [2.24, 2.45) is 0 Å². The van der Waals surface area contributed by atoms with Gasteiger partial charge in [-0.2, -0.15) is 0 Å². The quantitative estimate of drug-likeness (QED) is 0.536. The predicted molar refractivity (Wildman–Crippen MR) is 49.9 cm³/mol. The molecule has 70 valence electrons. The zero-order chi connectivity index (χ0) is 10.1. The van der Waals surface area contributed by atoms with Crippen molar-refractivity contribution >= 4 is 28.8 Å². The molecule has 0 N–H and O–H groups in total. The number of aldehydes is 1. The van der Waals surface area contributed by atoms with Gasteiger partial charge in [0.1, 0.15) is 11.5 Å². The van der Waals surface area contributed by atoms with Gasteiger partial charge in [0.05, 0.1) is 5.52 Å². The highest BCUT2D eigenvalue weighted by atomic mass is 35.5. The van der Waals surface area contributed by atoms with E-state index >= 15 is 0 Å². The van der Waals surface area contributed by atoms with Crippen LogP contribution in [0.1, 0.15) is 10.5 Å². The van der Waals surface area contributed by atoms with Crippen molar-refractivity contribution in [3.8, 4) is 0 Å². The number of fused-ring (bicyclic) bond motifs is 1. The van der Waals surface area contributed by atoms with Gasteiger partial charge in [-0.1, -0.05) is 0 Å². The Bertz CT molecular complexity index is 510. The van der Waals surface area contributed by atoms with Gasteiger partial charge in [-0.05, 0) is 23.7 Å². The van der Waals surface area contributed by atoms with Gasteiger partial charge < -0.3 is 0 Å². The van der Waals surface area contributed by atoms with Gasteiger partial charge in [-0.25, -0.2) is 14.4 Å². The predicted octanol–water partition coefficient (Wildman–Crippen LogP) is 2.23. The normalized spacial score (nSPS) is 10.4. The van der Waals surface area contributed by atoms with Crippen molar-refractivity contribution in [1.29, 1.82) is 0 Å². The maximum Gasteiger partial charge on any atom is 0.223 e. The first kappa shape index (κ1) is 9.02. The van der Waals surface area contributed by atoms with Crippen molar-refractivity contribution in [2.75, 3.05) is 0 Å². The molecule has 0 aliphatic carbocycles. The molecule has 0 unspecified atom stereocenters. The number of carbonyl (C=O) groups is 1. The van der Waals surface area contributed by atoms with E-state index in [-0.39, 0.29) is 11.0 Å². The summed E-state index contributed by atoms with van der Waals surface area (Å²) in [4.78, 5) is 18.1. The van der Waals surface area contributed by atoms with Crippen LogP contribution < -0.4 is 0 Å². The minimum Gasteiger partial charge on any atom is -0.296 e. The number of hydrogen-bond donors (Lipinski definition) is 0. The average molecular weight is 211 g/mol. The molecule has 2 rings (SSSR count). The fourth-order valence-electron chi connectivity index (χ4n) is 1.19. The first-order valence-electron chi connectivity index (χ1n) is 3.78. The largest absolute Gasteiger partial charge is 0.296 e. The molecular weight excluding hydrogens is 207 g/mol. The van der Waals surface area contributed by atoms with Crippen LogP contribution in [0.15, 0.2) is 18.2 Å². The number of aromatic nitrogens is 2. The summed E-state index contributed by atoms with van der Waals surface area (Å²) in [5, 5.41) is 0.427. The Morgan fingerprint density at radius 1 is 1.36 bits per heavy atom. The van der Waals surface area contributed by atoms with Gasteiger partial charge >= 0.3 is 0 Å². The average Bonchev–Trinajstić information content (AvgIpc) is 2.15. The molecule has 1 heterocycles. The molecule has 0 fully saturated rings. The Kier molecular flexibility index (Phi) is 2.13. The van der Waals surface area contributed by atoms with E-state index in [2.05, 4.69) is 9.97 Å². The molecule has 0 saturated heterocycles. The number of carbonyl (C=O) groups excluding carboxylic acids is 1. The number of rotatable bonds is 1. The number of halogens is 2. The summed E-state index contributed by atoms with van der Waals surface area (Å²) >= 11 is 5.55. The lowest BCUT2D eigenvalue weighted by atomic mass is 10.2. The Labute approximate surface area is 83.5 Å². The summed E-state index contributed by atoms with van der Waals surface area (Å²) in [5.74, 6) is -0.427. The van der Waals surface area contributed by atoms with Gasteiger partial charge in [0.25, 0.3) is 0 Å². The van der Waals surface area contributed by atoms with Crippen molar-refractivity contribution in [1.82, 2.24) is 9.97 Å². The van der Waals surface area contributed by atoms with Gasteiger partial charge in [0.2, 0.25) is 5.28 Å². The summed E-state index contributed by atoms with van der Waals surface area (Å²) in [6, 6.07) is 3.90. The lowest BCUT2D eigenvalue weighted by Crippen LogP contribution is -1.93. The van der Waals surface area contributed by atoms with Crippen molar-refractivity contribution in [3.05, 3.63) is 35.0 Å². The van der Waals surface area contributed by atoms with E-state index in [1.807, 2.05) is 0 Å². The highest BCUT2D eigenvalue weighted by Crippen LogP contribution is 2.17. The number of nitrogens with zero attached hydrogens (tertiary/aromatic N) is 2. The van der Waals surface area contributed by atoms with E-state index in [1.165, 1.54) is 18.2 Å². The molecule has 3 nitrogen and oxygen atoms in total. The van der Waals surface area contributed by atoms with Crippen LogP contribution in [0, 0.1) is 5.82 Å². The van der Waals surface area contributed by atoms with E-state index in [0.29, 0.717) is 17.2 Å². The van der Waals surface area contributed by atoms with Crippen LogP contribution in [0.4, 0.5) is 4.39 Å². The molecule has 1 aromatic heterocycles. The van der Waals surface area contributed by atoms with Gasteiger partial charge in [-0.15, -0.1) is 0 Å². The van der Waals surface area contributed by atoms with Crippen molar-refractivity contribution in [3.63, 3.8) is 0 Å². The number of benzene rings is 1. The van der Waals surface area contributed by atoms with Gasteiger partial charge in [0, 0.05) is 11.5 Å². The highest BCUT2D eigenvalue weighted by Gasteiger charge is 2.06. The van der Waals surface area contributed by atoms with Crippen LogP contribution in [0.3, 0.4) is 0 Å². The van der Waals surface area contributed by atoms with E-state index < -0.39 is 5.82 Å². The zero-order valence-electron chi connectivity index (χ0n) is 6.87. The smallest absolute Gasteiger partial charge is 0.223 e. The maximum atomic E-state index is 12.8. The summed E-state index contributed by atoms with van der Waals surface area (Å²) in [7, 11) is 0. The third-order valence-corrected chi connectivity index (χ3v) is 1.94. The van der Waals surface area contributed by atoms with E-state index in [1.54, 1.807) is 0 Å². The summed E-state index contributed by atoms with van der Waals surface area (Å²) in [5.41, 5.74) is 0.493. The van der Waals surface area contributed by atoms with Gasteiger partial charge in [-0.3, -0.25) is 4.79 Å². The molecule has 5 heteroatoms. The maximum absolute atomic E-state index is 12.8. The lowest BCUT2D eigenvalue weighted by molar-refractivity contribution is 0.112. The van der Waals surface area contributed by atoms with Crippen molar-refractivity contribution in [2.45, 2.75) is 0 Å². The molecule has 0 atom stereocenters. The molecule has 0 amide bonds. The van der Waals surface area contributed by atoms with Crippen LogP contribution in [-0.4, -0.2) is 16.3 Å². The molecular formula is C9H4ClFN2O. The van der Waals surface area contributed by atoms with E-state index in [0.717, 1.165) is 0 Å². The first-order valence-corrected chi connectivity index (χ1v) is 4.16. The van der Waals surface area contributed by atoms with Crippen LogP contribution in [0.5, 0.6) is 0 Å². The Balaban J connectivity index is 2.87. The van der Waals surface area contributed by atoms with E-state index in [9.17, 15) is 9.18 Å². The summed E-state index contributed by atoms with van der Waals surface area (Å²) in [6.45, 7) is 0. The topological polar surface area (TPSA) is 42.9 Å². The molecule has 2 aromatic rings. The number of hydrogen-bond acceptors (Lipinski definition) is 3. The molecule has 0 radical (unpaired) electrons. The molecule has 0 bridgehead atoms. The second kappa shape index (κ2) is 3.31. The third kappa shape index (κ3) is 1.44.